The maximum absolute atomic E-state index is 12.4. The third kappa shape index (κ3) is 3.12. The van der Waals surface area contributed by atoms with Gasteiger partial charge in [-0.1, -0.05) is 25.1 Å². The smallest absolute Gasteiger partial charge is 0.339 e. The van der Waals surface area contributed by atoms with E-state index in [0.717, 1.165) is 17.7 Å². The minimum absolute atomic E-state index is 0.0509. The Labute approximate surface area is 138 Å². The zero-order valence-electron chi connectivity index (χ0n) is 12.7. The van der Waals surface area contributed by atoms with Crippen molar-refractivity contribution < 1.29 is 19.1 Å². The highest BCUT2D eigenvalue weighted by molar-refractivity contribution is 7.99. The van der Waals surface area contributed by atoms with Gasteiger partial charge < -0.3 is 14.8 Å². The molecule has 0 aliphatic carbocycles. The van der Waals surface area contributed by atoms with Crippen LogP contribution in [0.1, 0.15) is 51.6 Å². The van der Waals surface area contributed by atoms with Gasteiger partial charge in [0.2, 0.25) is 0 Å². The van der Waals surface area contributed by atoms with Crippen LogP contribution in [-0.2, 0) is 6.42 Å². The molecule has 1 unspecified atom stereocenters. The molecule has 0 spiro atoms. The molecule has 1 aliphatic heterocycles. The summed E-state index contributed by atoms with van der Waals surface area (Å²) < 4.78 is 5.42. The molecular weight excluding hydrogens is 314 g/mol. The average molecular weight is 331 g/mol. The van der Waals surface area contributed by atoms with Crippen LogP contribution in [0.4, 0.5) is 0 Å². The number of aryl methyl sites for hydroxylation is 1. The first-order valence-electron chi connectivity index (χ1n) is 7.48. The fourth-order valence-corrected chi connectivity index (χ4v) is 3.83. The maximum atomic E-state index is 12.4. The van der Waals surface area contributed by atoms with Gasteiger partial charge in [0.25, 0.3) is 5.91 Å². The first kappa shape index (κ1) is 15.7. The number of carboxylic acids is 1. The molecule has 1 amide bonds. The van der Waals surface area contributed by atoms with Crippen molar-refractivity contribution in [1.29, 1.82) is 0 Å². The maximum Gasteiger partial charge on any atom is 0.339 e. The summed E-state index contributed by atoms with van der Waals surface area (Å²) in [7, 11) is 0. The van der Waals surface area contributed by atoms with Crippen molar-refractivity contribution >= 4 is 23.6 Å². The van der Waals surface area contributed by atoms with Crippen LogP contribution < -0.4 is 5.32 Å². The lowest BCUT2D eigenvalue weighted by atomic mass is 10.0. The normalized spacial score (nSPS) is 16.7. The standard InChI is InChI=1S/C17H17NO4S/c1-2-13-11(17(20)21)9-14(22-13)16(19)18-12-7-8-23-15-6-4-3-5-10(12)15/h3-6,9,12H,2,7-8H2,1H3,(H,18,19)(H,20,21). The Morgan fingerprint density at radius 2 is 2.17 bits per heavy atom. The monoisotopic (exact) mass is 331 g/mol. The lowest BCUT2D eigenvalue weighted by Crippen LogP contribution is -2.30. The number of carboxylic acid groups (broad SMARTS) is 1. The predicted octanol–water partition coefficient (Wildman–Crippen LogP) is 3.51. The number of rotatable bonds is 4. The number of hydrogen-bond acceptors (Lipinski definition) is 4. The molecule has 0 saturated carbocycles. The summed E-state index contributed by atoms with van der Waals surface area (Å²) in [6.07, 6.45) is 1.26. The highest BCUT2D eigenvalue weighted by Gasteiger charge is 2.25. The Bertz CT molecular complexity index is 753. The van der Waals surface area contributed by atoms with Crippen LogP contribution in [0.2, 0.25) is 0 Å². The van der Waals surface area contributed by atoms with Gasteiger partial charge in [0.15, 0.2) is 5.76 Å². The van der Waals surface area contributed by atoms with Crippen LogP contribution in [0.3, 0.4) is 0 Å². The van der Waals surface area contributed by atoms with Gasteiger partial charge in [-0.15, -0.1) is 11.8 Å². The summed E-state index contributed by atoms with van der Waals surface area (Å²) >= 11 is 1.78. The number of benzene rings is 1. The number of carbonyl (C=O) groups excluding carboxylic acids is 1. The van der Waals surface area contributed by atoms with Crippen LogP contribution >= 0.6 is 11.8 Å². The van der Waals surface area contributed by atoms with Gasteiger partial charge in [-0.3, -0.25) is 4.79 Å². The zero-order chi connectivity index (χ0) is 16.4. The Morgan fingerprint density at radius 3 is 2.87 bits per heavy atom. The van der Waals surface area contributed by atoms with E-state index in [1.54, 1.807) is 18.7 Å². The number of aromatic carboxylic acids is 1. The molecule has 2 aromatic rings. The molecule has 23 heavy (non-hydrogen) atoms. The molecule has 6 heteroatoms. The summed E-state index contributed by atoms with van der Waals surface area (Å²) in [5, 5.41) is 12.1. The summed E-state index contributed by atoms with van der Waals surface area (Å²) in [6, 6.07) is 9.21. The van der Waals surface area contributed by atoms with Crippen molar-refractivity contribution in [2.45, 2.75) is 30.7 Å². The van der Waals surface area contributed by atoms with E-state index in [0.29, 0.717) is 12.2 Å². The van der Waals surface area contributed by atoms with Crippen LogP contribution in [0.15, 0.2) is 39.6 Å². The van der Waals surface area contributed by atoms with Crippen molar-refractivity contribution in [3.63, 3.8) is 0 Å². The molecule has 1 aromatic heterocycles. The van der Waals surface area contributed by atoms with Crippen LogP contribution in [0.25, 0.3) is 0 Å². The second kappa shape index (κ2) is 6.50. The molecule has 120 valence electrons. The third-order valence-corrected chi connectivity index (χ3v) is 4.97. The van der Waals surface area contributed by atoms with E-state index < -0.39 is 5.97 Å². The minimum atomic E-state index is -1.08. The Morgan fingerprint density at radius 1 is 1.39 bits per heavy atom. The summed E-state index contributed by atoms with van der Waals surface area (Å²) in [5.41, 5.74) is 1.15. The summed E-state index contributed by atoms with van der Waals surface area (Å²) in [6.45, 7) is 1.79. The van der Waals surface area contributed by atoms with E-state index in [4.69, 9.17) is 9.52 Å². The molecule has 5 nitrogen and oxygen atoms in total. The van der Waals surface area contributed by atoms with Gasteiger partial charge in [-0.05, 0) is 18.1 Å². The predicted molar refractivity (Wildman–Crippen MR) is 87.0 cm³/mol. The second-order valence-corrected chi connectivity index (χ2v) is 6.44. The summed E-state index contributed by atoms with van der Waals surface area (Å²) in [5.74, 6) is -0.152. The van der Waals surface area contributed by atoms with Gasteiger partial charge in [0.1, 0.15) is 11.3 Å². The second-order valence-electron chi connectivity index (χ2n) is 5.31. The first-order chi connectivity index (χ1) is 11.1. The lowest BCUT2D eigenvalue weighted by Gasteiger charge is -2.25. The number of fused-ring (bicyclic) bond motifs is 1. The topological polar surface area (TPSA) is 79.5 Å². The van der Waals surface area contributed by atoms with Crippen LogP contribution in [0.5, 0.6) is 0 Å². The van der Waals surface area contributed by atoms with Gasteiger partial charge in [0.05, 0.1) is 6.04 Å². The molecule has 1 aliphatic rings. The van der Waals surface area contributed by atoms with Crippen molar-refractivity contribution in [1.82, 2.24) is 5.32 Å². The summed E-state index contributed by atoms with van der Waals surface area (Å²) in [4.78, 5) is 24.8. The van der Waals surface area contributed by atoms with E-state index >= 15 is 0 Å². The van der Waals surface area contributed by atoms with Crippen LogP contribution in [-0.4, -0.2) is 22.7 Å². The molecule has 0 bridgehead atoms. The highest BCUT2D eigenvalue weighted by atomic mass is 32.2. The molecular formula is C17H17NO4S. The molecule has 0 saturated heterocycles. The number of nitrogens with one attached hydrogen (secondary N) is 1. The Balaban J connectivity index is 1.82. The van der Waals surface area contributed by atoms with Gasteiger partial charge in [-0.2, -0.15) is 0 Å². The van der Waals surface area contributed by atoms with Crippen molar-refractivity contribution in [2.75, 3.05) is 5.75 Å². The van der Waals surface area contributed by atoms with E-state index in [1.807, 2.05) is 24.3 Å². The largest absolute Gasteiger partial charge is 0.478 e. The number of carbonyl (C=O) groups is 2. The quantitative estimate of drug-likeness (QED) is 0.896. The Kier molecular flexibility index (Phi) is 4.43. The first-order valence-corrected chi connectivity index (χ1v) is 8.47. The number of thioether (sulfide) groups is 1. The van der Waals surface area contributed by atoms with Crippen molar-refractivity contribution in [3.8, 4) is 0 Å². The fraction of sp³-hybridized carbons (Fsp3) is 0.294. The van der Waals surface area contributed by atoms with Crippen molar-refractivity contribution in [3.05, 3.63) is 53.0 Å². The van der Waals surface area contributed by atoms with E-state index in [-0.39, 0.29) is 23.3 Å². The fourth-order valence-electron chi connectivity index (χ4n) is 2.71. The molecule has 2 heterocycles. The molecule has 0 fully saturated rings. The highest BCUT2D eigenvalue weighted by Crippen LogP contribution is 2.36. The lowest BCUT2D eigenvalue weighted by molar-refractivity contribution is 0.0694. The average Bonchev–Trinajstić information content (AvgIpc) is 3.00. The van der Waals surface area contributed by atoms with E-state index in [2.05, 4.69) is 5.32 Å². The molecule has 3 rings (SSSR count). The molecule has 0 radical (unpaired) electrons. The SMILES string of the molecule is CCc1oc(C(=O)NC2CCSc3ccccc32)cc1C(=O)O. The zero-order valence-corrected chi connectivity index (χ0v) is 13.5. The Hall–Kier alpha value is -2.21. The van der Waals surface area contributed by atoms with E-state index in [9.17, 15) is 9.59 Å². The molecule has 1 aromatic carbocycles. The van der Waals surface area contributed by atoms with E-state index in [1.165, 1.54) is 11.0 Å². The minimum Gasteiger partial charge on any atom is -0.478 e. The molecule has 1 atom stereocenters. The van der Waals surface area contributed by atoms with Crippen LogP contribution in [0, 0.1) is 0 Å². The molecule has 2 N–H and O–H groups in total. The number of amides is 1. The van der Waals surface area contributed by atoms with Gasteiger partial charge in [-0.25, -0.2) is 4.79 Å². The van der Waals surface area contributed by atoms with Gasteiger partial charge >= 0.3 is 5.97 Å². The number of hydrogen-bond donors (Lipinski definition) is 2. The van der Waals surface area contributed by atoms with Gasteiger partial charge in [0, 0.05) is 23.1 Å². The number of furan rings is 1. The third-order valence-electron chi connectivity index (χ3n) is 3.85. The van der Waals surface area contributed by atoms with Crippen molar-refractivity contribution in [2.24, 2.45) is 0 Å².